The van der Waals surface area contributed by atoms with Crippen molar-refractivity contribution in [3.8, 4) is 22.9 Å². The summed E-state index contributed by atoms with van der Waals surface area (Å²) in [5, 5.41) is 9.95. The first-order chi connectivity index (χ1) is 26.1. The number of ether oxygens (including phenoxy) is 4. The van der Waals surface area contributed by atoms with Crippen molar-refractivity contribution in [3.63, 3.8) is 0 Å². The van der Waals surface area contributed by atoms with E-state index in [1.54, 1.807) is 6.20 Å². The van der Waals surface area contributed by atoms with Crippen LogP contribution in [-0.2, 0) is 35.1 Å². The second-order valence-electron chi connectivity index (χ2n) is 16.8. The van der Waals surface area contributed by atoms with Crippen LogP contribution in [0.15, 0.2) is 54.7 Å². The largest absolute Gasteiger partial charge is 0.443 e. The van der Waals surface area contributed by atoms with Crippen molar-refractivity contribution in [3.05, 3.63) is 82.7 Å². The number of aromatic nitrogens is 6. The second-order valence-corrected chi connectivity index (χ2v) is 22.8. The van der Waals surface area contributed by atoms with Gasteiger partial charge < -0.3 is 23.5 Å². The molecule has 4 aliphatic rings. The lowest BCUT2D eigenvalue weighted by molar-refractivity contribution is -0.0722. The highest BCUT2D eigenvalue weighted by molar-refractivity contribution is 6.76. The first-order valence-electron chi connectivity index (χ1n) is 19.6. The third-order valence-electron chi connectivity index (χ3n) is 11.4. The summed E-state index contributed by atoms with van der Waals surface area (Å²) in [6.45, 7) is 14.7. The van der Waals surface area contributed by atoms with Crippen LogP contribution in [0.3, 0.4) is 0 Å². The fourth-order valence-electron chi connectivity index (χ4n) is 7.93. The molecule has 0 bridgehead atoms. The van der Waals surface area contributed by atoms with E-state index in [9.17, 15) is 0 Å². The number of para-hydroxylation sites is 1. The van der Waals surface area contributed by atoms with Crippen LogP contribution >= 0.6 is 11.6 Å². The predicted octanol–water partition coefficient (Wildman–Crippen LogP) is 8.35. The van der Waals surface area contributed by atoms with Crippen LogP contribution in [0.2, 0.25) is 30.7 Å². The fourth-order valence-corrected chi connectivity index (χ4v) is 8.80. The summed E-state index contributed by atoms with van der Waals surface area (Å²) >= 11 is 6.11. The molecule has 54 heavy (non-hydrogen) atoms. The van der Waals surface area contributed by atoms with Crippen molar-refractivity contribution in [2.45, 2.75) is 108 Å². The Balaban J connectivity index is 0.921. The zero-order chi connectivity index (χ0) is 37.0. The van der Waals surface area contributed by atoms with Crippen molar-refractivity contribution in [1.82, 2.24) is 34.2 Å². The molecule has 6 heterocycles. The van der Waals surface area contributed by atoms with Gasteiger partial charge in [0, 0.05) is 51.5 Å². The van der Waals surface area contributed by atoms with Crippen LogP contribution in [0.5, 0.6) is 11.5 Å². The number of halogens is 1. The van der Waals surface area contributed by atoms with Crippen molar-refractivity contribution in [2.24, 2.45) is 0 Å². The van der Waals surface area contributed by atoms with Crippen LogP contribution in [0.1, 0.15) is 73.8 Å². The van der Waals surface area contributed by atoms with Gasteiger partial charge in [-0.1, -0.05) is 43.4 Å². The van der Waals surface area contributed by atoms with Gasteiger partial charge in [-0.25, -0.2) is 4.98 Å². The third-order valence-corrected chi connectivity index (χ3v) is 13.3. The summed E-state index contributed by atoms with van der Waals surface area (Å²) in [4.78, 5) is 12.3. The van der Waals surface area contributed by atoms with E-state index in [2.05, 4.69) is 74.1 Å². The Kier molecular flexibility index (Phi) is 9.54. The molecular weight excluding hydrogens is 718 g/mol. The molecule has 9 rings (SSSR count). The Labute approximate surface area is 323 Å². The molecule has 0 spiro atoms. The number of hydrogen-bond donors (Lipinski definition) is 0. The number of pyridine rings is 1. The van der Waals surface area contributed by atoms with Gasteiger partial charge >= 0.3 is 0 Å². The van der Waals surface area contributed by atoms with Gasteiger partial charge in [0.2, 0.25) is 0 Å². The highest BCUT2D eigenvalue weighted by atomic mass is 35.5. The SMILES string of the molecule is CC1(c2ccc(Cl)cn2)Oc2cccc(C3CCN(Cc4nc5cc(-c6nnc(C7CC7)n6COCC[Si](C)(C)C)ccc5n4CC4CCO4)CC3)c2O1. The molecule has 2 atom stereocenters. The minimum Gasteiger partial charge on any atom is -0.443 e. The molecule has 3 aliphatic heterocycles. The zero-order valence-corrected chi connectivity index (χ0v) is 33.5. The zero-order valence-electron chi connectivity index (χ0n) is 31.8. The van der Waals surface area contributed by atoms with Gasteiger partial charge in [-0.3, -0.25) is 14.5 Å². The summed E-state index contributed by atoms with van der Waals surface area (Å²) < 4.78 is 29.7. The Morgan fingerprint density at radius 3 is 2.50 bits per heavy atom. The minimum absolute atomic E-state index is 0.222. The summed E-state index contributed by atoms with van der Waals surface area (Å²) in [6, 6.07) is 17.6. The van der Waals surface area contributed by atoms with Gasteiger partial charge in [0.1, 0.15) is 24.1 Å². The maximum atomic E-state index is 6.55. The van der Waals surface area contributed by atoms with Crippen molar-refractivity contribution < 1.29 is 18.9 Å². The van der Waals surface area contributed by atoms with Gasteiger partial charge in [-0.15, -0.1) is 10.2 Å². The van der Waals surface area contributed by atoms with Gasteiger partial charge in [0.25, 0.3) is 5.79 Å². The van der Waals surface area contributed by atoms with E-state index >= 15 is 0 Å². The lowest BCUT2D eigenvalue weighted by atomic mass is 9.88. The predicted molar refractivity (Wildman–Crippen MR) is 211 cm³/mol. The number of imidazole rings is 1. The summed E-state index contributed by atoms with van der Waals surface area (Å²) in [7, 11) is -1.18. The van der Waals surface area contributed by atoms with Crippen molar-refractivity contribution >= 4 is 30.7 Å². The van der Waals surface area contributed by atoms with E-state index in [-0.39, 0.29) is 6.10 Å². The van der Waals surface area contributed by atoms with E-state index in [1.807, 2.05) is 25.1 Å². The van der Waals surface area contributed by atoms with E-state index in [0.29, 0.717) is 29.3 Å². The fraction of sp³-hybridized carbons (Fsp3) is 0.512. The Morgan fingerprint density at radius 1 is 0.944 bits per heavy atom. The molecule has 3 aromatic heterocycles. The minimum atomic E-state index is -1.18. The average molecular weight is 768 g/mol. The normalized spacial score (nSPS) is 21.9. The number of rotatable bonds is 13. The highest BCUT2D eigenvalue weighted by Gasteiger charge is 2.42. The Morgan fingerprint density at radius 2 is 1.78 bits per heavy atom. The summed E-state index contributed by atoms with van der Waals surface area (Å²) in [5.74, 6) is 4.41. The molecule has 13 heteroatoms. The van der Waals surface area contributed by atoms with Crippen LogP contribution < -0.4 is 9.47 Å². The monoisotopic (exact) mass is 767 g/mol. The quantitative estimate of drug-likeness (QED) is 0.0865. The maximum absolute atomic E-state index is 6.55. The van der Waals surface area contributed by atoms with Crippen LogP contribution in [0.25, 0.3) is 22.4 Å². The number of benzene rings is 2. The van der Waals surface area contributed by atoms with E-state index in [1.165, 1.54) is 5.56 Å². The number of hydrogen-bond acceptors (Lipinski definition) is 9. The molecule has 1 saturated carbocycles. The molecule has 2 unspecified atom stereocenters. The maximum Gasteiger partial charge on any atom is 0.292 e. The van der Waals surface area contributed by atoms with Gasteiger partial charge in [0.15, 0.2) is 17.3 Å². The van der Waals surface area contributed by atoms with Crippen LogP contribution in [0, 0.1) is 0 Å². The standard InChI is InChI=1S/C41H50ClN7O4Si/c1-41(36-13-11-30(42)23-43-36)52-35-7-5-6-32(38(35)53-41)27-14-17-47(18-15-27)25-37-44-33-22-29(10-12-34(33)48(37)24-31-16-19-51-31)40-46-45-39(28-8-9-28)49(40)26-50-20-21-54(2,3)4/h5-7,10-13,22-23,27-28,31H,8-9,14-21,24-26H2,1-4H3. The van der Waals surface area contributed by atoms with Crippen molar-refractivity contribution in [2.75, 3.05) is 26.3 Å². The Hall–Kier alpha value is -3.81. The van der Waals surface area contributed by atoms with Crippen LogP contribution in [0.4, 0.5) is 0 Å². The summed E-state index contributed by atoms with van der Waals surface area (Å²) in [5.41, 5.74) is 5.03. The molecule has 2 saturated heterocycles. The van der Waals surface area contributed by atoms with Crippen molar-refractivity contribution in [1.29, 1.82) is 0 Å². The Bertz CT molecular complexity index is 2130. The molecular formula is C41H50ClN7O4Si. The number of nitrogens with zero attached hydrogens (tertiary/aromatic N) is 7. The summed E-state index contributed by atoms with van der Waals surface area (Å²) in [6.07, 6.45) is 7.30. The highest BCUT2D eigenvalue weighted by Crippen LogP contribution is 2.49. The smallest absolute Gasteiger partial charge is 0.292 e. The van der Waals surface area contributed by atoms with E-state index < -0.39 is 13.9 Å². The lowest BCUT2D eigenvalue weighted by Crippen LogP contribution is -2.35. The van der Waals surface area contributed by atoms with E-state index in [4.69, 9.17) is 40.6 Å². The number of fused-ring (bicyclic) bond motifs is 2. The van der Waals surface area contributed by atoms with E-state index in [0.717, 1.165) is 123 Å². The molecule has 284 valence electrons. The lowest BCUT2D eigenvalue weighted by Gasteiger charge is -2.33. The topological polar surface area (TPSA) is 102 Å². The average Bonchev–Trinajstić information content (AvgIpc) is 3.65. The molecule has 0 amide bonds. The van der Waals surface area contributed by atoms with Gasteiger partial charge in [-0.05, 0) is 93.6 Å². The third kappa shape index (κ3) is 7.31. The van der Waals surface area contributed by atoms with Gasteiger partial charge in [0.05, 0.1) is 35.2 Å². The second kappa shape index (κ2) is 14.4. The molecule has 1 aliphatic carbocycles. The first-order valence-corrected chi connectivity index (χ1v) is 23.7. The number of likely N-dealkylation sites (tertiary alicyclic amines) is 1. The molecule has 3 fully saturated rings. The molecule has 5 aromatic rings. The number of piperidine rings is 1. The molecule has 0 N–H and O–H groups in total. The van der Waals surface area contributed by atoms with Gasteiger partial charge in [-0.2, -0.15) is 0 Å². The molecule has 2 aromatic carbocycles. The molecule has 11 nitrogen and oxygen atoms in total. The van der Waals surface area contributed by atoms with Crippen LogP contribution in [-0.4, -0.2) is 74.7 Å². The molecule has 0 radical (unpaired) electrons. The first kappa shape index (κ1) is 35.9.